The molecule has 6 heteroatoms. The average Bonchev–Trinajstić information content (AvgIpc) is 2.97. The fourth-order valence-corrected chi connectivity index (χ4v) is 3.68. The fraction of sp³-hybridized carbons (Fsp3) is 0.211. The van der Waals surface area contributed by atoms with Gasteiger partial charge in [0, 0.05) is 27.5 Å². The summed E-state index contributed by atoms with van der Waals surface area (Å²) in [5.74, 6) is 2.41. The number of hydrogen-bond donors (Lipinski definition) is 0. The molecule has 1 aliphatic rings. The molecular formula is C19H18N2O3S. The molecule has 2 heterocycles. The number of benzene rings is 2. The second-order valence-corrected chi connectivity index (χ2v) is 7.28. The van der Waals surface area contributed by atoms with E-state index in [1.807, 2.05) is 49.4 Å². The molecule has 1 aromatic heterocycles. The third-order valence-electron chi connectivity index (χ3n) is 4.35. The van der Waals surface area contributed by atoms with Gasteiger partial charge in [0.25, 0.3) is 0 Å². The lowest BCUT2D eigenvalue weighted by atomic mass is 10.1. The molecule has 2 aromatic carbocycles. The molecule has 0 spiro atoms. The van der Waals surface area contributed by atoms with Gasteiger partial charge in [-0.15, -0.1) is 0 Å². The summed E-state index contributed by atoms with van der Waals surface area (Å²) in [6.45, 7) is 2.39. The number of hydrogen-bond acceptors (Lipinski definition) is 4. The van der Waals surface area contributed by atoms with E-state index in [4.69, 9.17) is 9.47 Å². The molecule has 0 saturated heterocycles. The molecule has 128 valence electrons. The lowest BCUT2D eigenvalue weighted by molar-refractivity contribution is 0.279. The van der Waals surface area contributed by atoms with E-state index in [0.29, 0.717) is 6.61 Å². The zero-order chi connectivity index (χ0) is 17.6. The van der Waals surface area contributed by atoms with Crippen LogP contribution in [0.1, 0.15) is 11.5 Å². The number of aromatic nitrogens is 2. The molecule has 0 saturated carbocycles. The number of imidazole rings is 1. The number of methoxy groups -OCH3 is 1. The van der Waals surface area contributed by atoms with Crippen molar-refractivity contribution in [2.24, 2.45) is 0 Å². The first-order valence-corrected chi connectivity index (χ1v) is 9.47. The van der Waals surface area contributed by atoms with Crippen LogP contribution >= 0.6 is 0 Å². The zero-order valence-electron chi connectivity index (χ0n) is 14.3. The molecule has 0 N–H and O–H groups in total. The van der Waals surface area contributed by atoms with Gasteiger partial charge >= 0.3 is 0 Å². The zero-order valence-corrected chi connectivity index (χ0v) is 15.1. The maximum atomic E-state index is 11.8. The number of rotatable bonds is 3. The molecule has 1 aliphatic heterocycles. The Hall–Kier alpha value is -2.60. The van der Waals surface area contributed by atoms with Crippen LogP contribution in [-0.4, -0.2) is 27.1 Å². The first kappa shape index (κ1) is 15.9. The van der Waals surface area contributed by atoms with Crippen LogP contribution in [-0.2, 0) is 17.4 Å². The number of ether oxygens (including phenoxy) is 2. The minimum Gasteiger partial charge on any atom is -0.497 e. The van der Waals surface area contributed by atoms with E-state index in [-0.39, 0.29) is 0 Å². The van der Waals surface area contributed by atoms with E-state index in [9.17, 15) is 4.21 Å². The van der Waals surface area contributed by atoms with Gasteiger partial charge in [-0.05, 0) is 49.4 Å². The molecule has 1 atom stereocenters. The molecular weight excluding hydrogens is 336 g/mol. The lowest BCUT2D eigenvalue weighted by Crippen LogP contribution is -2.14. The molecule has 0 radical (unpaired) electrons. The summed E-state index contributed by atoms with van der Waals surface area (Å²) >= 11 is 0. The van der Waals surface area contributed by atoms with Crippen LogP contribution in [0.3, 0.4) is 0 Å². The Morgan fingerprint density at radius 3 is 2.64 bits per heavy atom. The normalized spacial score (nSPS) is 13.6. The van der Waals surface area contributed by atoms with Crippen LogP contribution in [0.25, 0.3) is 16.9 Å². The Labute approximate surface area is 148 Å². The predicted octanol–water partition coefficient (Wildman–Crippen LogP) is 3.49. The Kier molecular flexibility index (Phi) is 3.84. The van der Waals surface area contributed by atoms with Crippen molar-refractivity contribution >= 4 is 10.8 Å². The largest absolute Gasteiger partial charge is 0.497 e. The van der Waals surface area contributed by atoms with Crippen molar-refractivity contribution in [3.63, 3.8) is 0 Å². The summed E-state index contributed by atoms with van der Waals surface area (Å²) in [5.41, 5.74) is 3.96. The van der Waals surface area contributed by atoms with E-state index >= 15 is 0 Å². The molecule has 0 fully saturated rings. The van der Waals surface area contributed by atoms with Crippen molar-refractivity contribution < 1.29 is 13.7 Å². The van der Waals surface area contributed by atoms with Crippen molar-refractivity contribution in [3.05, 3.63) is 54.0 Å². The predicted molar refractivity (Wildman–Crippen MR) is 97.0 cm³/mol. The Bertz CT molecular complexity index is 977. The maximum Gasteiger partial charge on any atom is 0.152 e. The average molecular weight is 354 g/mol. The van der Waals surface area contributed by atoms with Gasteiger partial charge in [-0.2, -0.15) is 0 Å². The van der Waals surface area contributed by atoms with E-state index in [1.165, 1.54) is 0 Å². The molecule has 0 amide bonds. The van der Waals surface area contributed by atoms with Gasteiger partial charge < -0.3 is 9.47 Å². The molecule has 25 heavy (non-hydrogen) atoms. The molecule has 4 rings (SSSR count). The van der Waals surface area contributed by atoms with E-state index < -0.39 is 10.8 Å². The maximum absolute atomic E-state index is 11.8. The second-order valence-electron chi connectivity index (χ2n) is 5.90. The summed E-state index contributed by atoms with van der Waals surface area (Å²) in [5, 5.41) is 0. The Balaban J connectivity index is 1.89. The molecule has 0 aliphatic carbocycles. The van der Waals surface area contributed by atoms with Gasteiger partial charge in [-0.25, -0.2) is 4.98 Å². The van der Waals surface area contributed by atoms with Gasteiger partial charge in [0.2, 0.25) is 0 Å². The first-order chi connectivity index (χ1) is 12.1. The standard InChI is InChI=1S/C19H18N2O3S/c1-12-19(13-4-6-14(23-2)7-5-13)21-16-9-8-15(25(3)22)10-17(16)24-11-18(21)20-12/h4-10H,11H2,1-3H3. The summed E-state index contributed by atoms with van der Waals surface area (Å²) in [7, 11) is 0.613. The van der Waals surface area contributed by atoms with Crippen LogP contribution in [0.5, 0.6) is 11.5 Å². The third kappa shape index (κ3) is 2.62. The number of fused-ring (bicyclic) bond motifs is 3. The van der Waals surface area contributed by atoms with Crippen molar-refractivity contribution in [2.45, 2.75) is 18.4 Å². The quantitative estimate of drug-likeness (QED) is 0.722. The second kappa shape index (κ2) is 6.04. The highest BCUT2D eigenvalue weighted by molar-refractivity contribution is 7.84. The third-order valence-corrected chi connectivity index (χ3v) is 5.26. The van der Waals surface area contributed by atoms with Crippen LogP contribution in [0.4, 0.5) is 0 Å². The Morgan fingerprint density at radius 2 is 1.96 bits per heavy atom. The minimum atomic E-state index is -1.04. The van der Waals surface area contributed by atoms with Crippen LogP contribution in [0.15, 0.2) is 47.4 Å². The monoisotopic (exact) mass is 354 g/mol. The lowest BCUT2D eigenvalue weighted by Gasteiger charge is -2.22. The molecule has 1 unspecified atom stereocenters. The molecule has 3 aromatic rings. The minimum absolute atomic E-state index is 0.393. The van der Waals surface area contributed by atoms with Crippen LogP contribution in [0.2, 0.25) is 0 Å². The fourth-order valence-electron chi connectivity index (χ4n) is 3.15. The van der Waals surface area contributed by atoms with E-state index in [1.54, 1.807) is 13.4 Å². The Morgan fingerprint density at radius 1 is 1.20 bits per heavy atom. The SMILES string of the molecule is COc1ccc(-c2c(C)nc3n2-c2ccc(S(C)=O)cc2OC3)cc1. The van der Waals surface area contributed by atoms with Gasteiger partial charge in [0.1, 0.15) is 18.1 Å². The highest BCUT2D eigenvalue weighted by Crippen LogP contribution is 2.37. The summed E-state index contributed by atoms with van der Waals surface area (Å²) in [6.07, 6.45) is 1.67. The molecule has 5 nitrogen and oxygen atoms in total. The van der Waals surface area contributed by atoms with Crippen LogP contribution < -0.4 is 9.47 Å². The topological polar surface area (TPSA) is 53.4 Å². The van der Waals surface area contributed by atoms with Gasteiger partial charge in [-0.3, -0.25) is 8.78 Å². The highest BCUT2D eigenvalue weighted by atomic mass is 32.2. The van der Waals surface area contributed by atoms with Crippen molar-refractivity contribution in [1.29, 1.82) is 0 Å². The van der Waals surface area contributed by atoms with Crippen molar-refractivity contribution in [3.8, 4) is 28.4 Å². The first-order valence-electron chi connectivity index (χ1n) is 7.92. The van der Waals surface area contributed by atoms with Crippen LogP contribution in [0, 0.1) is 6.92 Å². The number of aryl methyl sites for hydroxylation is 1. The summed E-state index contributed by atoms with van der Waals surface area (Å²) < 4.78 is 25.0. The van der Waals surface area contributed by atoms with Gasteiger partial charge in [0.15, 0.2) is 5.82 Å². The van der Waals surface area contributed by atoms with Gasteiger partial charge in [0.05, 0.1) is 24.2 Å². The molecule has 0 bridgehead atoms. The van der Waals surface area contributed by atoms with E-state index in [2.05, 4.69) is 9.55 Å². The highest BCUT2D eigenvalue weighted by Gasteiger charge is 2.24. The number of nitrogens with zero attached hydrogens (tertiary/aromatic N) is 2. The van der Waals surface area contributed by atoms with E-state index in [0.717, 1.165) is 44.9 Å². The van der Waals surface area contributed by atoms with Crippen molar-refractivity contribution in [2.75, 3.05) is 13.4 Å². The summed E-state index contributed by atoms with van der Waals surface area (Å²) in [4.78, 5) is 5.43. The van der Waals surface area contributed by atoms with Gasteiger partial charge in [-0.1, -0.05) is 0 Å². The van der Waals surface area contributed by atoms with Crippen molar-refractivity contribution in [1.82, 2.24) is 9.55 Å². The summed E-state index contributed by atoms with van der Waals surface area (Å²) in [6, 6.07) is 13.6. The smallest absolute Gasteiger partial charge is 0.152 e.